The Balaban J connectivity index is 2.26. The van der Waals surface area contributed by atoms with Gasteiger partial charge in [-0.2, -0.15) is 18.3 Å². The topological polar surface area (TPSA) is 83.5 Å². The van der Waals surface area contributed by atoms with E-state index in [4.69, 9.17) is 0 Å². The first kappa shape index (κ1) is 19.8. The van der Waals surface area contributed by atoms with E-state index < -0.39 is 41.5 Å². The zero-order valence-corrected chi connectivity index (χ0v) is 14.7. The number of fused-ring (bicyclic) bond motifs is 1. The van der Waals surface area contributed by atoms with E-state index >= 15 is 0 Å². The number of nitrogens with one attached hydrogen (secondary N) is 2. The molecule has 0 saturated heterocycles. The van der Waals surface area contributed by atoms with Gasteiger partial charge in [-0.3, -0.25) is 14.8 Å². The van der Waals surface area contributed by atoms with E-state index in [1.54, 1.807) is 13.8 Å². The standard InChI is InChI=1S/C17H15F5N4O2/c1-7(2)13(8-3-4-9(10(19)5-8)17(20,21)22)26-14-12(11(6-18)25-26)15(27)24-16(28)23-14/h3-5,7,13H,6H2,1-2H3,(H2,23,24,27,28)/t13-/m1/s1. The number of alkyl halides is 4. The average molecular weight is 402 g/mol. The Bertz CT molecular complexity index is 1140. The summed E-state index contributed by atoms with van der Waals surface area (Å²) in [4.78, 5) is 28.0. The van der Waals surface area contributed by atoms with E-state index in [-0.39, 0.29) is 28.2 Å². The van der Waals surface area contributed by atoms with Crippen LogP contribution >= 0.6 is 0 Å². The molecule has 3 aromatic rings. The molecule has 0 bridgehead atoms. The highest BCUT2D eigenvalue weighted by molar-refractivity contribution is 5.77. The van der Waals surface area contributed by atoms with Crippen LogP contribution in [0.5, 0.6) is 0 Å². The van der Waals surface area contributed by atoms with Gasteiger partial charge in [-0.25, -0.2) is 18.3 Å². The third-order valence-electron chi connectivity index (χ3n) is 4.33. The second-order valence-electron chi connectivity index (χ2n) is 6.58. The molecule has 2 heterocycles. The Labute approximate surface area is 154 Å². The summed E-state index contributed by atoms with van der Waals surface area (Å²) in [6, 6.07) is 1.56. The summed E-state index contributed by atoms with van der Waals surface area (Å²) in [6.45, 7) is 2.27. The molecule has 0 aliphatic rings. The molecule has 0 amide bonds. The lowest BCUT2D eigenvalue weighted by atomic mass is 9.95. The third-order valence-corrected chi connectivity index (χ3v) is 4.33. The summed E-state index contributed by atoms with van der Waals surface area (Å²) in [5, 5.41) is 3.83. The number of halogens is 5. The van der Waals surface area contributed by atoms with Crippen LogP contribution in [0.1, 0.15) is 36.7 Å². The Kier molecular flexibility index (Phi) is 4.86. The summed E-state index contributed by atoms with van der Waals surface area (Å²) in [6.07, 6.45) is -4.85. The first-order valence-corrected chi connectivity index (χ1v) is 8.21. The maximum absolute atomic E-state index is 14.1. The van der Waals surface area contributed by atoms with Crippen LogP contribution in [-0.2, 0) is 12.9 Å². The van der Waals surface area contributed by atoms with E-state index in [0.29, 0.717) is 6.07 Å². The summed E-state index contributed by atoms with van der Waals surface area (Å²) in [7, 11) is 0. The molecule has 0 spiro atoms. The number of aromatic nitrogens is 4. The Morgan fingerprint density at radius 2 is 1.86 bits per heavy atom. The Hall–Kier alpha value is -2.98. The number of hydrogen-bond acceptors (Lipinski definition) is 3. The monoisotopic (exact) mass is 402 g/mol. The van der Waals surface area contributed by atoms with Gasteiger partial charge in [0.15, 0.2) is 0 Å². The van der Waals surface area contributed by atoms with Gasteiger partial charge >= 0.3 is 11.9 Å². The first-order chi connectivity index (χ1) is 13.0. The molecule has 6 nitrogen and oxygen atoms in total. The van der Waals surface area contributed by atoms with Gasteiger partial charge in [0.2, 0.25) is 0 Å². The van der Waals surface area contributed by atoms with Gasteiger partial charge in [0, 0.05) is 0 Å². The van der Waals surface area contributed by atoms with Crippen LogP contribution in [0.3, 0.4) is 0 Å². The molecular formula is C17H15F5N4O2. The number of nitrogens with zero attached hydrogens (tertiary/aromatic N) is 2. The lowest BCUT2D eigenvalue weighted by molar-refractivity contribution is -0.140. The van der Waals surface area contributed by atoms with Crippen molar-refractivity contribution in [3.8, 4) is 0 Å². The van der Waals surface area contributed by atoms with Gasteiger partial charge in [0.1, 0.15) is 29.2 Å². The third kappa shape index (κ3) is 3.32. The van der Waals surface area contributed by atoms with Crippen molar-refractivity contribution >= 4 is 11.0 Å². The quantitative estimate of drug-likeness (QED) is 0.657. The number of rotatable bonds is 4. The summed E-state index contributed by atoms with van der Waals surface area (Å²) >= 11 is 0. The highest BCUT2D eigenvalue weighted by Gasteiger charge is 2.35. The molecule has 2 N–H and O–H groups in total. The fourth-order valence-corrected chi connectivity index (χ4v) is 3.19. The van der Waals surface area contributed by atoms with Crippen molar-refractivity contribution in [1.29, 1.82) is 0 Å². The molecule has 1 atom stereocenters. The summed E-state index contributed by atoms with van der Waals surface area (Å²) < 4.78 is 67.1. The summed E-state index contributed by atoms with van der Waals surface area (Å²) in [5.74, 6) is -1.82. The van der Waals surface area contributed by atoms with Gasteiger partial charge in [-0.05, 0) is 23.6 Å². The predicted molar refractivity (Wildman–Crippen MR) is 90.2 cm³/mol. The van der Waals surface area contributed by atoms with Crippen LogP contribution in [0.15, 0.2) is 27.8 Å². The van der Waals surface area contributed by atoms with Crippen molar-refractivity contribution in [2.75, 3.05) is 0 Å². The molecular weight excluding hydrogens is 387 g/mol. The minimum absolute atomic E-state index is 0.0968. The van der Waals surface area contributed by atoms with Crippen LogP contribution in [0, 0.1) is 11.7 Å². The van der Waals surface area contributed by atoms with Gasteiger partial charge in [-0.15, -0.1) is 0 Å². The molecule has 0 fully saturated rings. The largest absolute Gasteiger partial charge is 0.419 e. The number of benzene rings is 1. The van der Waals surface area contributed by atoms with Crippen molar-refractivity contribution in [2.24, 2.45) is 5.92 Å². The van der Waals surface area contributed by atoms with Crippen LogP contribution < -0.4 is 11.2 Å². The lowest BCUT2D eigenvalue weighted by Crippen LogP contribution is -2.25. The first-order valence-electron chi connectivity index (χ1n) is 8.21. The minimum Gasteiger partial charge on any atom is -0.291 e. The van der Waals surface area contributed by atoms with Crippen molar-refractivity contribution in [2.45, 2.75) is 32.7 Å². The molecule has 0 unspecified atom stereocenters. The fraction of sp³-hybridized carbons (Fsp3) is 0.353. The summed E-state index contributed by atoms with van der Waals surface area (Å²) in [5.41, 5.74) is -3.34. The van der Waals surface area contributed by atoms with Crippen LogP contribution in [0.2, 0.25) is 0 Å². The van der Waals surface area contributed by atoms with Crippen LogP contribution in [0.25, 0.3) is 11.0 Å². The van der Waals surface area contributed by atoms with E-state index in [0.717, 1.165) is 16.8 Å². The molecule has 2 aromatic heterocycles. The normalized spacial score (nSPS) is 13.4. The molecule has 3 rings (SSSR count). The molecule has 0 saturated carbocycles. The highest BCUT2D eigenvalue weighted by Crippen LogP contribution is 2.35. The van der Waals surface area contributed by atoms with Gasteiger partial charge in [0.05, 0.1) is 11.6 Å². The zero-order valence-electron chi connectivity index (χ0n) is 14.7. The molecule has 0 aliphatic carbocycles. The predicted octanol–water partition coefficient (Wildman–Crippen LogP) is 3.29. The minimum atomic E-state index is -4.85. The van der Waals surface area contributed by atoms with Crippen molar-refractivity contribution < 1.29 is 22.0 Å². The number of H-pyrrole nitrogens is 2. The smallest absolute Gasteiger partial charge is 0.291 e. The zero-order chi connectivity index (χ0) is 20.8. The molecule has 28 heavy (non-hydrogen) atoms. The molecule has 0 aliphatic heterocycles. The fourth-order valence-electron chi connectivity index (χ4n) is 3.19. The SMILES string of the molecule is CC(C)[C@H](c1ccc(C(F)(F)F)c(F)c1)n1nc(CF)c2c(=O)[nH]c(=O)[nH]c21. The highest BCUT2D eigenvalue weighted by atomic mass is 19.4. The number of aromatic amines is 2. The second kappa shape index (κ2) is 6.88. The second-order valence-corrected chi connectivity index (χ2v) is 6.58. The lowest BCUT2D eigenvalue weighted by Gasteiger charge is -2.23. The molecule has 0 radical (unpaired) electrons. The Morgan fingerprint density at radius 3 is 2.39 bits per heavy atom. The van der Waals surface area contributed by atoms with E-state index in [1.807, 2.05) is 4.98 Å². The van der Waals surface area contributed by atoms with E-state index in [2.05, 4.69) is 10.1 Å². The average Bonchev–Trinajstić information content (AvgIpc) is 2.92. The van der Waals surface area contributed by atoms with Crippen molar-refractivity contribution in [1.82, 2.24) is 19.7 Å². The van der Waals surface area contributed by atoms with Crippen LogP contribution in [0.4, 0.5) is 22.0 Å². The van der Waals surface area contributed by atoms with Gasteiger partial charge in [0.25, 0.3) is 5.56 Å². The van der Waals surface area contributed by atoms with Crippen LogP contribution in [-0.4, -0.2) is 19.7 Å². The van der Waals surface area contributed by atoms with Crippen molar-refractivity contribution in [3.63, 3.8) is 0 Å². The van der Waals surface area contributed by atoms with E-state index in [1.165, 1.54) is 0 Å². The maximum atomic E-state index is 14.1. The molecule has 1 aromatic carbocycles. The molecule has 150 valence electrons. The van der Waals surface area contributed by atoms with Gasteiger partial charge < -0.3 is 0 Å². The van der Waals surface area contributed by atoms with Gasteiger partial charge in [-0.1, -0.05) is 19.9 Å². The van der Waals surface area contributed by atoms with E-state index in [9.17, 15) is 31.5 Å². The van der Waals surface area contributed by atoms with Crippen molar-refractivity contribution in [3.05, 3.63) is 61.7 Å². The maximum Gasteiger partial charge on any atom is 0.419 e. The number of hydrogen-bond donors (Lipinski definition) is 2. The molecule has 11 heteroatoms. The Morgan fingerprint density at radius 1 is 1.18 bits per heavy atom.